The summed E-state index contributed by atoms with van der Waals surface area (Å²) >= 11 is 12.0. The van der Waals surface area contributed by atoms with Crippen molar-refractivity contribution in [3.05, 3.63) is 34.1 Å². The molecular formula is C12H12Cl2N4. The molecule has 0 aliphatic heterocycles. The molecule has 2 rings (SSSR count). The van der Waals surface area contributed by atoms with E-state index < -0.39 is 0 Å². The molecule has 0 aliphatic rings. The number of anilines is 1. The van der Waals surface area contributed by atoms with Crippen molar-refractivity contribution in [2.24, 2.45) is 0 Å². The molecule has 1 heterocycles. The number of aromatic nitrogens is 3. The Kier molecular flexibility index (Phi) is 3.68. The molecule has 0 bridgehead atoms. The third kappa shape index (κ3) is 2.71. The van der Waals surface area contributed by atoms with Crippen molar-refractivity contribution in [2.45, 2.75) is 6.92 Å². The molecule has 0 amide bonds. The maximum atomic E-state index is 6.09. The van der Waals surface area contributed by atoms with Gasteiger partial charge in [0.25, 0.3) is 0 Å². The molecule has 1 aromatic heterocycles. The molecule has 0 saturated carbocycles. The summed E-state index contributed by atoms with van der Waals surface area (Å²) in [6, 6.07) is 5.65. The molecule has 0 fully saturated rings. The zero-order chi connectivity index (χ0) is 13.3. The molecule has 0 N–H and O–H groups in total. The van der Waals surface area contributed by atoms with Crippen LogP contribution in [-0.2, 0) is 0 Å². The highest BCUT2D eigenvalue weighted by molar-refractivity contribution is 6.31. The molecule has 2 aromatic rings. The molecule has 0 atom stereocenters. The number of benzene rings is 1. The molecule has 4 nitrogen and oxygen atoms in total. The number of hydrogen-bond donors (Lipinski definition) is 0. The molecule has 0 radical (unpaired) electrons. The molecular weight excluding hydrogens is 271 g/mol. The second kappa shape index (κ2) is 5.08. The summed E-state index contributed by atoms with van der Waals surface area (Å²) in [6.07, 6.45) is 0. The largest absolute Gasteiger partial charge is 0.347 e. The predicted molar refractivity (Wildman–Crippen MR) is 74.3 cm³/mol. The SMILES string of the molecule is Cc1ccc(-c2nc(Cl)nc(N(C)C)n2)cc1Cl. The lowest BCUT2D eigenvalue weighted by Gasteiger charge is -2.11. The second-order valence-corrected chi connectivity index (χ2v) is 4.83. The summed E-state index contributed by atoms with van der Waals surface area (Å²) in [4.78, 5) is 14.3. The molecule has 1 aromatic carbocycles. The number of aryl methyl sites for hydroxylation is 1. The summed E-state index contributed by atoms with van der Waals surface area (Å²) in [5, 5.41) is 0.843. The Morgan fingerprint density at radius 2 is 1.78 bits per heavy atom. The van der Waals surface area contributed by atoms with Gasteiger partial charge >= 0.3 is 0 Å². The number of rotatable bonds is 2. The van der Waals surface area contributed by atoms with Crippen molar-refractivity contribution >= 4 is 29.2 Å². The number of nitrogens with zero attached hydrogens (tertiary/aromatic N) is 4. The third-order valence-electron chi connectivity index (χ3n) is 2.43. The van der Waals surface area contributed by atoms with Crippen LogP contribution in [0.3, 0.4) is 0 Å². The van der Waals surface area contributed by atoms with Gasteiger partial charge in [-0.2, -0.15) is 15.0 Å². The standard InChI is InChI=1S/C12H12Cl2N4/c1-7-4-5-8(6-9(7)13)10-15-11(14)17-12(16-10)18(2)3/h4-6H,1-3H3. The summed E-state index contributed by atoms with van der Waals surface area (Å²) in [5.41, 5.74) is 1.83. The summed E-state index contributed by atoms with van der Waals surface area (Å²) in [5.74, 6) is 1.03. The van der Waals surface area contributed by atoms with E-state index in [2.05, 4.69) is 15.0 Å². The number of halogens is 2. The Morgan fingerprint density at radius 3 is 2.39 bits per heavy atom. The smallest absolute Gasteiger partial charge is 0.229 e. The van der Waals surface area contributed by atoms with Crippen LogP contribution in [-0.4, -0.2) is 29.0 Å². The van der Waals surface area contributed by atoms with Gasteiger partial charge in [-0.25, -0.2) is 0 Å². The topological polar surface area (TPSA) is 41.9 Å². The zero-order valence-corrected chi connectivity index (χ0v) is 11.8. The first-order valence-corrected chi connectivity index (χ1v) is 6.08. The molecule has 6 heteroatoms. The Hall–Kier alpha value is -1.39. The maximum absolute atomic E-state index is 6.09. The molecule has 94 valence electrons. The fourth-order valence-electron chi connectivity index (χ4n) is 1.40. The molecule has 0 spiro atoms. The minimum Gasteiger partial charge on any atom is -0.347 e. The maximum Gasteiger partial charge on any atom is 0.229 e. The van der Waals surface area contributed by atoms with Crippen LogP contribution >= 0.6 is 23.2 Å². The van der Waals surface area contributed by atoms with E-state index in [0.717, 1.165) is 11.1 Å². The van der Waals surface area contributed by atoms with Crippen molar-refractivity contribution in [2.75, 3.05) is 19.0 Å². The van der Waals surface area contributed by atoms with Crippen molar-refractivity contribution in [1.29, 1.82) is 0 Å². The van der Waals surface area contributed by atoms with Crippen molar-refractivity contribution < 1.29 is 0 Å². The summed E-state index contributed by atoms with van der Waals surface area (Å²) in [6.45, 7) is 1.94. The third-order valence-corrected chi connectivity index (χ3v) is 3.00. The summed E-state index contributed by atoms with van der Waals surface area (Å²) < 4.78 is 0. The Labute approximate surface area is 116 Å². The zero-order valence-electron chi connectivity index (χ0n) is 10.3. The van der Waals surface area contributed by atoms with Gasteiger partial charge in [0.2, 0.25) is 11.2 Å². The normalized spacial score (nSPS) is 10.5. The van der Waals surface area contributed by atoms with Gasteiger partial charge in [0.05, 0.1) is 0 Å². The van der Waals surface area contributed by atoms with Gasteiger partial charge in [-0.15, -0.1) is 0 Å². The molecule has 18 heavy (non-hydrogen) atoms. The average Bonchev–Trinajstić information content (AvgIpc) is 2.31. The van der Waals surface area contributed by atoms with Crippen molar-refractivity contribution in [3.8, 4) is 11.4 Å². The molecule has 0 aliphatic carbocycles. The highest BCUT2D eigenvalue weighted by atomic mass is 35.5. The Morgan fingerprint density at radius 1 is 1.06 bits per heavy atom. The number of hydrogen-bond acceptors (Lipinski definition) is 4. The van der Waals surface area contributed by atoms with Gasteiger partial charge < -0.3 is 4.90 Å². The Balaban J connectivity index is 2.53. The van der Waals surface area contributed by atoms with Crippen molar-refractivity contribution in [1.82, 2.24) is 15.0 Å². The quantitative estimate of drug-likeness (QED) is 0.848. The van der Waals surface area contributed by atoms with E-state index in [9.17, 15) is 0 Å². The highest BCUT2D eigenvalue weighted by Gasteiger charge is 2.09. The van der Waals surface area contributed by atoms with Gasteiger partial charge in [-0.3, -0.25) is 0 Å². The Bertz CT molecular complexity index is 584. The predicted octanol–water partition coefficient (Wildman–Crippen LogP) is 3.22. The average molecular weight is 283 g/mol. The van der Waals surface area contributed by atoms with Gasteiger partial charge in [0, 0.05) is 24.7 Å². The van der Waals surface area contributed by atoms with E-state index in [1.807, 2.05) is 39.2 Å². The van der Waals surface area contributed by atoms with E-state index >= 15 is 0 Å². The van der Waals surface area contributed by atoms with E-state index in [1.165, 1.54) is 0 Å². The summed E-state index contributed by atoms with van der Waals surface area (Å²) in [7, 11) is 3.69. The molecule has 0 saturated heterocycles. The first-order valence-electron chi connectivity index (χ1n) is 5.33. The van der Waals surface area contributed by atoms with Crippen LogP contribution in [0.4, 0.5) is 5.95 Å². The lowest BCUT2D eigenvalue weighted by Crippen LogP contribution is -2.13. The lowest BCUT2D eigenvalue weighted by atomic mass is 10.1. The van der Waals surface area contributed by atoms with E-state index in [4.69, 9.17) is 23.2 Å². The van der Waals surface area contributed by atoms with E-state index in [0.29, 0.717) is 16.8 Å². The minimum atomic E-state index is 0.167. The van der Waals surface area contributed by atoms with Crippen molar-refractivity contribution in [3.63, 3.8) is 0 Å². The minimum absolute atomic E-state index is 0.167. The lowest BCUT2D eigenvalue weighted by molar-refractivity contribution is 0.962. The van der Waals surface area contributed by atoms with Gasteiger partial charge in [0.15, 0.2) is 5.82 Å². The van der Waals surface area contributed by atoms with Gasteiger partial charge in [-0.1, -0.05) is 23.7 Å². The van der Waals surface area contributed by atoms with Crippen LogP contribution in [0.1, 0.15) is 5.56 Å². The second-order valence-electron chi connectivity index (χ2n) is 4.09. The first-order chi connectivity index (χ1) is 8.47. The fourth-order valence-corrected chi connectivity index (χ4v) is 1.74. The van der Waals surface area contributed by atoms with Crippen LogP contribution < -0.4 is 4.90 Å². The van der Waals surface area contributed by atoms with Gasteiger partial charge in [-0.05, 0) is 30.2 Å². The van der Waals surface area contributed by atoms with E-state index in [1.54, 1.807) is 4.90 Å². The van der Waals surface area contributed by atoms with Crippen LogP contribution in [0.2, 0.25) is 10.3 Å². The van der Waals surface area contributed by atoms with Crippen LogP contribution in [0.15, 0.2) is 18.2 Å². The van der Waals surface area contributed by atoms with Crippen LogP contribution in [0, 0.1) is 6.92 Å². The molecule has 0 unspecified atom stereocenters. The monoisotopic (exact) mass is 282 g/mol. The highest BCUT2D eigenvalue weighted by Crippen LogP contribution is 2.24. The van der Waals surface area contributed by atoms with Gasteiger partial charge in [0.1, 0.15) is 0 Å². The fraction of sp³-hybridized carbons (Fsp3) is 0.250. The van der Waals surface area contributed by atoms with E-state index in [-0.39, 0.29) is 5.28 Å². The van der Waals surface area contributed by atoms with Crippen LogP contribution in [0.25, 0.3) is 11.4 Å². The first kappa shape index (κ1) is 13.1. The van der Waals surface area contributed by atoms with Crippen LogP contribution in [0.5, 0.6) is 0 Å².